The second-order valence-electron chi connectivity index (χ2n) is 7.59. The van der Waals surface area contributed by atoms with Crippen LogP contribution in [0.5, 0.6) is 0 Å². The third-order valence-corrected chi connectivity index (χ3v) is 4.51. The van der Waals surface area contributed by atoms with Gasteiger partial charge in [-0.25, -0.2) is 19.6 Å². The van der Waals surface area contributed by atoms with Crippen molar-refractivity contribution in [3.63, 3.8) is 0 Å². The molecule has 0 saturated carbocycles. The first-order valence-corrected chi connectivity index (χ1v) is 9.74. The number of nitrogens with zero attached hydrogens (tertiary/aromatic N) is 5. The van der Waals surface area contributed by atoms with Crippen LogP contribution in [0.3, 0.4) is 0 Å². The predicted octanol–water partition coefficient (Wildman–Crippen LogP) is 4.26. The lowest BCUT2D eigenvalue weighted by Crippen LogP contribution is -2.23. The maximum Gasteiger partial charge on any atom is 0.249 e. The van der Waals surface area contributed by atoms with E-state index in [4.69, 9.17) is 0 Å². The van der Waals surface area contributed by atoms with Crippen LogP contribution in [0, 0.1) is 0 Å². The minimum atomic E-state index is -0.444. The minimum Gasteiger partial charge on any atom is -0.340 e. The van der Waals surface area contributed by atoms with E-state index < -0.39 is 6.04 Å². The first-order chi connectivity index (χ1) is 13.8. The third kappa shape index (κ3) is 5.16. The number of hydrogen-bond acceptors (Lipinski definition) is 6. The molecule has 152 valence electrons. The normalized spacial score (nSPS) is 12.2. The first kappa shape index (κ1) is 20.4. The summed E-state index contributed by atoms with van der Waals surface area (Å²) in [6, 6.07) is 9.04. The van der Waals surface area contributed by atoms with Gasteiger partial charge in [0.15, 0.2) is 0 Å². The molecule has 1 unspecified atom stereocenters. The summed E-state index contributed by atoms with van der Waals surface area (Å²) in [4.78, 5) is 25.5. The highest BCUT2D eigenvalue weighted by atomic mass is 16.2. The van der Waals surface area contributed by atoms with Gasteiger partial charge in [0, 0.05) is 29.1 Å². The van der Waals surface area contributed by atoms with Gasteiger partial charge in [0.2, 0.25) is 5.91 Å². The molecule has 1 atom stereocenters. The van der Waals surface area contributed by atoms with Crippen molar-refractivity contribution in [3.8, 4) is 0 Å². The molecular weight excluding hydrogens is 366 g/mol. The lowest BCUT2D eigenvalue weighted by molar-refractivity contribution is -0.119. The Morgan fingerprint density at radius 3 is 2.24 bits per heavy atom. The molecular formula is C21H27N7O. The maximum absolute atomic E-state index is 12.4. The quantitative estimate of drug-likeness (QED) is 0.622. The van der Waals surface area contributed by atoms with Crippen molar-refractivity contribution in [1.29, 1.82) is 0 Å². The fourth-order valence-corrected chi connectivity index (χ4v) is 2.67. The highest BCUT2D eigenvalue weighted by molar-refractivity contribution is 5.93. The van der Waals surface area contributed by atoms with Crippen molar-refractivity contribution in [2.24, 2.45) is 0 Å². The van der Waals surface area contributed by atoms with Crippen molar-refractivity contribution in [2.45, 2.75) is 52.5 Å². The second kappa shape index (κ2) is 8.81. The van der Waals surface area contributed by atoms with Gasteiger partial charge in [-0.05, 0) is 37.1 Å². The number of amides is 1. The van der Waals surface area contributed by atoms with Crippen molar-refractivity contribution in [1.82, 2.24) is 24.7 Å². The lowest BCUT2D eigenvalue weighted by atomic mass is 10.1. The Hall–Kier alpha value is -3.29. The van der Waals surface area contributed by atoms with Gasteiger partial charge in [-0.1, -0.05) is 27.7 Å². The molecule has 1 amide bonds. The molecule has 0 spiro atoms. The van der Waals surface area contributed by atoms with Crippen LogP contribution in [0.25, 0.3) is 0 Å². The number of hydrogen-bond donors (Lipinski definition) is 2. The van der Waals surface area contributed by atoms with E-state index in [0.29, 0.717) is 11.6 Å². The number of carbonyl (C=O) groups is 1. The van der Waals surface area contributed by atoms with Gasteiger partial charge in [0.1, 0.15) is 30.3 Å². The van der Waals surface area contributed by atoms with Crippen LogP contribution in [-0.2, 0) is 4.79 Å². The van der Waals surface area contributed by atoms with Gasteiger partial charge in [0.05, 0.1) is 0 Å². The number of nitrogens with one attached hydrogen (secondary N) is 2. The zero-order chi connectivity index (χ0) is 21.0. The van der Waals surface area contributed by atoms with E-state index in [9.17, 15) is 4.79 Å². The van der Waals surface area contributed by atoms with Crippen LogP contribution in [0.4, 0.5) is 17.2 Å². The lowest BCUT2D eigenvalue weighted by Gasteiger charge is -2.14. The Labute approximate surface area is 170 Å². The van der Waals surface area contributed by atoms with E-state index in [2.05, 4.69) is 58.4 Å². The summed E-state index contributed by atoms with van der Waals surface area (Å²) in [6.45, 7) is 10.2. The molecule has 0 aliphatic rings. The van der Waals surface area contributed by atoms with Crippen molar-refractivity contribution in [2.75, 3.05) is 10.6 Å². The average Bonchev–Trinajstić information content (AvgIpc) is 3.23. The summed E-state index contributed by atoms with van der Waals surface area (Å²) in [7, 11) is 0. The highest BCUT2D eigenvalue weighted by Gasteiger charge is 2.15. The summed E-state index contributed by atoms with van der Waals surface area (Å²) in [6.07, 6.45) is 2.93. The van der Waals surface area contributed by atoms with Crippen LogP contribution >= 0.6 is 0 Å². The number of aromatic nitrogens is 5. The fourth-order valence-electron chi connectivity index (χ4n) is 2.67. The molecule has 0 aliphatic carbocycles. The molecule has 0 radical (unpaired) electrons. The van der Waals surface area contributed by atoms with Gasteiger partial charge in [0.25, 0.3) is 0 Å². The second-order valence-corrected chi connectivity index (χ2v) is 7.59. The maximum atomic E-state index is 12.4. The molecule has 0 bridgehead atoms. The Morgan fingerprint density at radius 2 is 1.66 bits per heavy atom. The molecule has 1 aromatic carbocycles. The predicted molar refractivity (Wildman–Crippen MR) is 113 cm³/mol. The molecule has 3 rings (SSSR count). The zero-order valence-corrected chi connectivity index (χ0v) is 17.4. The SMILES string of the molecule is CC(C)c1cc(Nc2ccc(NC(=O)C(C)n3cncn3)cc2)nc(C(C)C)n1. The van der Waals surface area contributed by atoms with Gasteiger partial charge in [-0.2, -0.15) is 5.10 Å². The Balaban J connectivity index is 1.70. The van der Waals surface area contributed by atoms with Crippen molar-refractivity contribution < 1.29 is 4.79 Å². The smallest absolute Gasteiger partial charge is 0.249 e. The monoisotopic (exact) mass is 393 g/mol. The molecule has 2 N–H and O–H groups in total. The van der Waals surface area contributed by atoms with Gasteiger partial charge >= 0.3 is 0 Å². The van der Waals surface area contributed by atoms with Gasteiger partial charge in [-0.3, -0.25) is 4.79 Å². The standard InChI is InChI=1S/C21H27N7O/c1-13(2)18-10-19(27-20(26-18)14(3)4)24-16-6-8-17(9-7-16)25-21(29)15(5)28-12-22-11-23-28/h6-15H,1-5H3,(H,25,29)(H,24,26,27). The molecule has 3 aromatic rings. The molecule has 0 fully saturated rings. The number of carbonyl (C=O) groups excluding carboxylic acids is 1. The Bertz CT molecular complexity index is 923. The van der Waals surface area contributed by atoms with Crippen LogP contribution < -0.4 is 10.6 Å². The van der Waals surface area contributed by atoms with E-state index in [1.54, 1.807) is 6.92 Å². The molecule has 8 nitrogen and oxygen atoms in total. The summed E-state index contributed by atoms with van der Waals surface area (Å²) >= 11 is 0. The van der Waals surface area contributed by atoms with E-state index >= 15 is 0 Å². The molecule has 29 heavy (non-hydrogen) atoms. The van der Waals surface area contributed by atoms with E-state index in [1.165, 1.54) is 17.3 Å². The topological polar surface area (TPSA) is 97.6 Å². The molecule has 0 aliphatic heterocycles. The minimum absolute atomic E-state index is 0.157. The number of anilines is 3. The van der Waals surface area contributed by atoms with Crippen LogP contribution in [0.1, 0.15) is 64.0 Å². The molecule has 0 saturated heterocycles. The largest absolute Gasteiger partial charge is 0.340 e. The summed E-state index contributed by atoms with van der Waals surface area (Å²) in [5.41, 5.74) is 2.61. The van der Waals surface area contributed by atoms with E-state index in [1.807, 2.05) is 30.3 Å². The third-order valence-electron chi connectivity index (χ3n) is 4.51. The van der Waals surface area contributed by atoms with Crippen LogP contribution in [0.2, 0.25) is 0 Å². The first-order valence-electron chi connectivity index (χ1n) is 9.74. The Morgan fingerprint density at radius 1 is 0.966 bits per heavy atom. The Kier molecular flexibility index (Phi) is 6.21. The summed E-state index contributed by atoms with van der Waals surface area (Å²) in [5, 5.41) is 10.2. The average molecular weight is 393 g/mol. The highest BCUT2D eigenvalue weighted by Crippen LogP contribution is 2.23. The zero-order valence-electron chi connectivity index (χ0n) is 17.4. The van der Waals surface area contributed by atoms with Crippen LogP contribution in [-0.4, -0.2) is 30.6 Å². The molecule has 8 heteroatoms. The molecule has 2 heterocycles. The van der Waals surface area contributed by atoms with Crippen molar-refractivity contribution >= 4 is 23.1 Å². The van der Waals surface area contributed by atoms with Gasteiger partial charge < -0.3 is 10.6 Å². The van der Waals surface area contributed by atoms with E-state index in [-0.39, 0.29) is 11.8 Å². The number of benzene rings is 1. The van der Waals surface area contributed by atoms with Crippen molar-refractivity contribution in [3.05, 3.63) is 54.5 Å². The van der Waals surface area contributed by atoms with Crippen LogP contribution in [0.15, 0.2) is 43.0 Å². The number of rotatable bonds is 7. The fraction of sp³-hybridized carbons (Fsp3) is 0.381. The van der Waals surface area contributed by atoms with E-state index in [0.717, 1.165) is 23.0 Å². The summed E-state index contributed by atoms with van der Waals surface area (Å²) in [5.74, 6) is 2.00. The molecule has 2 aromatic heterocycles. The van der Waals surface area contributed by atoms with Gasteiger partial charge in [-0.15, -0.1) is 0 Å². The summed E-state index contributed by atoms with van der Waals surface area (Å²) < 4.78 is 1.51.